The maximum Gasteiger partial charge on any atom is 0.226 e. The molecule has 3 aromatic heterocycles. The zero-order valence-electron chi connectivity index (χ0n) is 11.2. The van der Waals surface area contributed by atoms with Gasteiger partial charge in [-0.3, -0.25) is 9.78 Å². The molecule has 3 heterocycles. The second-order valence-corrected chi connectivity index (χ2v) is 5.38. The Morgan fingerprint density at radius 3 is 2.95 bits per heavy atom. The highest BCUT2D eigenvalue weighted by molar-refractivity contribution is 7.13. The zero-order valence-corrected chi connectivity index (χ0v) is 12.0. The van der Waals surface area contributed by atoms with Gasteiger partial charge in [0.1, 0.15) is 0 Å². The first kappa shape index (κ1) is 13.5. The average molecular weight is 299 g/mol. The number of nitrogens with one attached hydrogen (secondary N) is 1. The molecule has 5 nitrogen and oxygen atoms in total. The van der Waals surface area contributed by atoms with Gasteiger partial charge >= 0.3 is 0 Å². The summed E-state index contributed by atoms with van der Waals surface area (Å²) in [7, 11) is 0. The molecule has 0 spiro atoms. The van der Waals surface area contributed by atoms with Crippen molar-refractivity contribution in [2.75, 3.05) is 0 Å². The van der Waals surface area contributed by atoms with Crippen LogP contribution >= 0.6 is 11.3 Å². The fourth-order valence-electron chi connectivity index (χ4n) is 1.85. The maximum atomic E-state index is 11.9. The highest BCUT2D eigenvalue weighted by atomic mass is 32.1. The van der Waals surface area contributed by atoms with Crippen molar-refractivity contribution in [3.8, 4) is 10.6 Å². The van der Waals surface area contributed by atoms with Crippen molar-refractivity contribution in [2.24, 2.45) is 0 Å². The standard InChI is InChI=1S/C15H13N3O2S/c19-15(17-10-11-4-1-2-6-16-11)9-12-8-13(20-18-12)14-5-3-7-21-14/h1-8H,9-10H2,(H,17,19). The molecule has 0 saturated carbocycles. The van der Waals surface area contributed by atoms with Crippen LogP contribution in [-0.4, -0.2) is 16.0 Å². The molecule has 0 bridgehead atoms. The Kier molecular flexibility index (Phi) is 4.07. The highest BCUT2D eigenvalue weighted by Gasteiger charge is 2.11. The lowest BCUT2D eigenvalue weighted by atomic mass is 10.2. The van der Waals surface area contributed by atoms with Gasteiger partial charge in [0.25, 0.3) is 0 Å². The van der Waals surface area contributed by atoms with Gasteiger partial charge in [-0.2, -0.15) is 0 Å². The third-order valence-electron chi connectivity index (χ3n) is 2.86. The number of carbonyl (C=O) groups excluding carboxylic acids is 1. The van der Waals surface area contributed by atoms with Gasteiger partial charge in [-0.1, -0.05) is 17.3 Å². The van der Waals surface area contributed by atoms with Gasteiger partial charge in [-0.05, 0) is 23.6 Å². The predicted molar refractivity (Wildman–Crippen MR) is 79.6 cm³/mol. The monoisotopic (exact) mass is 299 g/mol. The van der Waals surface area contributed by atoms with E-state index in [1.807, 2.05) is 35.7 Å². The molecule has 1 N–H and O–H groups in total. The topological polar surface area (TPSA) is 68.0 Å². The first-order valence-corrected chi connectivity index (χ1v) is 7.35. The molecule has 21 heavy (non-hydrogen) atoms. The van der Waals surface area contributed by atoms with Crippen molar-refractivity contribution in [3.63, 3.8) is 0 Å². The Labute approximate surface area is 125 Å². The summed E-state index contributed by atoms with van der Waals surface area (Å²) in [5, 5.41) is 8.70. The van der Waals surface area contributed by atoms with Crippen LogP contribution in [0.1, 0.15) is 11.4 Å². The van der Waals surface area contributed by atoms with Crippen molar-refractivity contribution in [2.45, 2.75) is 13.0 Å². The number of hydrogen-bond acceptors (Lipinski definition) is 5. The smallest absolute Gasteiger partial charge is 0.226 e. The molecule has 106 valence electrons. The van der Waals surface area contributed by atoms with Crippen LogP contribution in [0, 0.1) is 0 Å². The lowest BCUT2D eigenvalue weighted by molar-refractivity contribution is -0.120. The van der Waals surface area contributed by atoms with Crippen LogP contribution < -0.4 is 5.32 Å². The summed E-state index contributed by atoms with van der Waals surface area (Å²) in [5.74, 6) is 0.587. The Morgan fingerprint density at radius 2 is 2.19 bits per heavy atom. The van der Waals surface area contributed by atoms with Crippen molar-refractivity contribution in [1.82, 2.24) is 15.5 Å². The van der Waals surface area contributed by atoms with Crippen molar-refractivity contribution in [1.29, 1.82) is 0 Å². The van der Waals surface area contributed by atoms with E-state index >= 15 is 0 Å². The molecule has 1 amide bonds. The van der Waals surface area contributed by atoms with E-state index in [4.69, 9.17) is 4.52 Å². The Morgan fingerprint density at radius 1 is 1.24 bits per heavy atom. The van der Waals surface area contributed by atoms with Crippen molar-refractivity contribution < 1.29 is 9.32 Å². The van der Waals surface area contributed by atoms with E-state index in [-0.39, 0.29) is 12.3 Å². The molecule has 3 rings (SSSR count). The van der Waals surface area contributed by atoms with E-state index in [9.17, 15) is 4.79 Å². The number of pyridine rings is 1. The number of aromatic nitrogens is 2. The molecule has 0 radical (unpaired) electrons. The van der Waals surface area contributed by atoms with E-state index in [0.717, 1.165) is 10.6 Å². The molecule has 0 unspecified atom stereocenters. The van der Waals surface area contributed by atoms with E-state index < -0.39 is 0 Å². The minimum absolute atomic E-state index is 0.105. The van der Waals surface area contributed by atoms with Crippen LogP contribution in [0.5, 0.6) is 0 Å². The van der Waals surface area contributed by atoms with E-state index in [1.165, 1.54) is 0 Å². The number of carbonyl (C=O) groups is 1. The number of nitrogens with zero attached hydrogens (tertiary/aromatic N) is 2. The fourth-order valence-corrected chi connectivity index (χ4v) is 2.52. The summed E-state index contributed by atoms with van der Waals surface area (Å²) in [4.78, 5) is 17.0. The summed E-state index contributed by atoms with van der Waals surface area (Å²) >= 11 is 1.57. The third kappa shape index (κ3) is 3.55. The van der Waals surface area contributed by atoms with Gasteiger partial charge in [0.15, 0.2) is 5.76 Å². The SMILES string of the molecule is O=C(Cc1cc(-c2cccs2)on1)NCc1ccccn1. The summed E-state index contributed by atoms with van der Waals surface area (Å²) in [6, 6.07) is 11.3. The second-order valence-electron chi connectivity index (χ2n) is 4.43. The van der Waals surface area contributed by atoms with Crippen LogP contribution in [0.25, 0.3) is 10.6 Å². The largest absolute Gasteiger partial charge is 0.355 e. The van der Waals surface area contributed by atoms with Crippen molar-refractivity contribution >= 4 is 17.2 Å². The van der Waals surface area contributed by atoms with Gasteiger partial charge in [-0.15, -0.1) is 11.3 Å². The number of thiophene rings is 1. The number of rotatable bonds is 5. The Bertz CT molecular complexity index is 708. The van der Waals surface area contributed by atoms with Crippen LogP contribution in [0.2, 0.25) is 0 Å². The molecule has 0 atom stereocenters. The quantitative estimate of drug-likeness (QED) is 0.786. The lowest BCUT2D eigenvalue weighted by Gasteiger charge is -2.02. The third-order valence-corrected chi connectivity index (χ3v) is 3.74. The molecule has 3 aromatic rings. The first-order valence-electron chi connectivity index (χ1n) is 6.47. The van der Waals surface area contributed by atoms with Gasteiger partial charge in [0, 0.05) is 12.3 Å². The summed E-state index contributed by atoms with van der Waals surface area (Å²) < 4.78 is 5.24. The van der Waals surface area contributed by atoms with Gasteiger partial charge in [0.2, 0.25) is 5.91 Å². The second kappa shape index (κ2) is 6.32. The molecule has 0 saturated heterocycles. The minimum atomic E-state index is -0.105. The Balaban J connectivity index is 1.55. The molecular formula is C15H13N3O2S. The minimum Gasteiger partial charge on any atom is -0.355 e. The molecular weight excluding hydrogens is 286 g/mol. The van der Waals surface area contributed by atoms with Crippen LogP contribution in [0.3, 0.4) is 0 Å². The molecule has 0 aliphatic rings. The van der Waals surface area contributed by atoms with E-state index in [2.05, 4.69) is 15.5 Å². The summed E-state index contributed by atoms with van der Waals surface area (Å²) in [6.45, 7) is 0.412. The highest BCUT2D eigenvalue weighted by Crippen LogP contribution is 2.25. The van der Waals surface area contributed by atoms with Crippen LogP contribution in [-0.2, 0) is 17.8 Å². The number of amides is 1. The van der Waals surface area contributed by atoms with E-state index in [0.29, 0.717) is 18.0 Å². The normalized spacial score (nSPS) is 10.5. The Hall–Kier alpha value is -2.47. The van der Waals surface area contributed by atoms with Gasteiger partial charge in [0.05, 0.1) is 29.2 Å². The molecule has 6 heteroatoms. The molecule has 0 fully saturated rings. The lowest BCUT2D eigenvalue weighted by Crippen LogP contribution is -2.25. The van der Waals surface area contributed by atoms with Gasteiger partial charge < -0.3 is 9.84 Å². The molecule has 0 aliphatic heterocycles. The summed E-state index contributed by atoms with van der Waals surface area (Å²) in [5.41, 5.74) is 1.45. The number of hydrogen-bond donors (Lipinski definition) is 1. The zero-order chi connectivity index (χ0) is 14.5. The summed E-state index contributed by atoms with van der Waals surface area (Å²) in [6.07, 6.45) is 1.90. The fraction of sp³-hybridized carbons (Fsp3) is 0.133. The van der Waals surface area contributed by atoms with Crippen molar-refractivity contribution in [3.05, 3.63) is 59.4 Å². The maximum absolute atomic E-state index is 11.9. The average Bonchev–Trinajstić information content (AvgIpc) is 3.17. The predicted octanol–water partition coefficient (Wildman–Crippen LogP) is 2.66. The van der Waals surface area contributed by atoms with Crippen LogP contribution in [0.15, 0.2) is 52.5 Å². The van der Waals surface area contributed by atoms with Gasteiger partial charge in [-0.25, -0.2) is 0 Å². The van der Waals surface area contributed by atoms with E-state index in [1.54, 1.807) is 23.6 Å². The molecule has 0 aliphatic carbocycles. The first-order chi connectivity index (χ1) is 10.3. The van der Waals surface area contributed by atoms with Crippen LogP contribution in [0.4, 0.5) is 0 Å². The molecule has 0 aromatic carbocycles.